The van der Waals surface area contributed by atoms with Crippen molar-refractivity contribution >= 4 is 0 Å². The van der Waals surface area contributed by atoms with Gasteiger partial charge in [0.1, 0.15) is 0 Å². The number of hydrogen-bond donors (Lipinski definition) is 1. The van der Waals surface area contributed by atoms with Gasteiger partial charge in [0.05, 0.1) is 12.2 Å². The first-order valence-corrected chi connectivity index (χ1v) is 5.58. The molecule has 0 saturated carbocycles. The average Bonchev–Trinajstić information content (AvgIpc) is 2.72. The highest BCUT2D eigenvalue weighted by atomic mass is 16.6. The zero-order valence-corrected chi connectivity index (χ0v) is 8.65. The van der Waals surface area contributed by atoms with Crippen LogP contribution in [0.25, 0.3) is 0 Å². The fourth-order valence-corrected chi connectivity index (χ4v) is 2.30. The molecule has 1 unspecified atom stereocenters. The van der Waals surface area contributed by atoms with Crippen LogP contribution in [-0.4, -0.2) is 43.3 Å². The second-order valence-electron chi connectivity index (χ2n) is 4.27. The monoisotopic (exact) mass is 200 g/mol. The van der Waals surface area contributed by atoms with E-state index in [1.165, 1.54) is 12.8 Å². The highest BCUT2D eigenvalue weighted by molar-refractivity contribution is 4.76. The van der Waals surface area contributed by atoms with Crippen LogP contribution in [0.3, 0.4) is 0 Å². The van der Waals surface area contributed by atoms with Gasteiger partial charge < -0.3 is 14.5 Å². The van der Waals surface area contributed by atoms with Gasteiger partial charge in [0, 0.05) is 26.2 Å². The Kier molecular flexibility index (Phi) is 3.75. The van der Waals surface area contributed by atoms with E-state index in [1.807, 2.05) is 0 Å². The number of likely N-dealkylation sites (tertiary alicyclic amines) is 1. The van der Waals surface area contributed by atoms with E-state index in [4.69, 9.17) is 15.5 Å². The van der Waals surface area contributed by atoms with Gasteiger partial charge in [-0.3, -0.25) is 0 Å². The average molecular weight is 200 g/mol. The van der Waals surface area contributed by atoms with Crippen molar-refractivity contribution in [3.8, 4) is 0 Å². The maximum absolute atomic E-state index is 5.61. The van der Waals surface area contributed by atoms with Crippen molar-refractivity contribution in [2.45, 2.75) is 37.9 Å². The minimum atomic E-state index is 0.274. The van der Waals surface area contributed by atoms with E-state index in [9.17, 15) is 0 Å². The Morgan fingerprint density at radius 3 is 2.64 bits per heavy atom. The third-order valence-corrected chi connectivity index (χ3v) is 3.21. The minimum absolute atomic E-state index is 0.274. The Morgan fingerprint density at radius 1 is 1.29 bits per heavy atom. The molecule has 14 heavy (non-hydrogen) atoms. The van der Waals surface area contributed by atoms with E-state index in [2.05, 4.69) is 4.90 Å². The number of ether oxygens (including phenoxy) is 1. The number of nitrogens with zero attached hydrogens (tertiary/aromatic N) is 1. The van der Waals surface area contributed by atoms with Crippen LogP contribution in [-0.2, 0) is 9.57 Å². The lowest BCUT2D eigenvalue weighted by Gasteiger charge is -2.32. The fraction of sp³-hybridized carbons (Fsp3) is 1.00. The molecule has 0 aromatic rings. The molecular weight excluding hydrogens is 180 g/mol. The third-order valence-electron chi connectivity index (χ3n) is 3.21. The molecule has 82 valence electrons. The van der Waals surface area contributed by atoms with Gasteiger partial charge >= 0.3 is 0 Å². The molecule has 2 N–H and O–H groups in total. The topological polar surface area (TPSA) is 47.7 Å². The fourth-order valence-electron chi connectivity index (χ4n) is 2.30. The molecule has 4 nitrogen and oxygen atoms in total. The van der Waals surface area contributed by atoms with E-state index >= 15 is 0 Å². The van der Waals surface area contributed by atoms with Gasteiger partial charge in [-0.05, 0) is 25.7 Å². The van der Waals surface area contributed by atoms with E-state index in [0.29, 0.717) is 6.10 Å². The summed E-state index contributed by atoms with van der Waals surface area (Å²) >= 11 is 0. The Hall–Kier alpha value is -0.160. The van der Waals surface area contributed by atoms with Crippen molar-refractivity contribution < 1.29 is 9.57 Å². The SMILES string of the molecule is NOC1CCN(CC2CCCO2)CC1. The Morgan fingerprint density at radius 2 is 2.07 bits per heavy atom. The van der Waals surface area contributed by atoms with Crippen molar-refractivity contribution in [3.05, 3.63) is 0 Å². The van der Waals surface area contributed by atoms with Gasteiger partial charge in [-0.25, -0.2) is 5.90 Å². The predicted octanol–water partition coefficient (Wildman–Crippen LogP) is 0.520. The second-order valence-corrected chi connectivity index (χ2v) is 4.27. The smallest absolute Gasteiger partial charge is 0.0811 e. The summed E-state index contributed by atoms with van der Waals surface area (Å²) in [6.07, 6.45) is 5.33. The van der Waals surface area contributed by atoms with E-state index in [0.717, 1.165) is 39.1 Å². The summed E-state index contributed by atoms with van der Waals surface area (Å²) < 4.78 is 5.61. The molecule has 0 aromatic heterocycles. The van der Waals surface area contributed by atoms with Gasteiger partial charge in [0.2, 0.25) is 0 Å². The molecule has 0 spiro atoms. The first-order valence-electron chi connectivity index (χ1n) is 5.58. The number of nitrogens with two attached hydrogens (primary N) is 1. The molecule has 2 rings (SSSR count). The van der Waals surface area contributed by atoms with Crippen molar-refractivity contribution in [2.75, 3.05) is 26.2 Å². The minimum Gasteiger partial charge on any atom is -0.377 e. The molecule has 0 amide bonds. The van der Waals surface area contributed by atoms with E-state index in [-0.39, 0.29) is 6.10 Å². The first kappa shape index (κ1) is 10.4. The lowest BCUT2D eigenvalue weighted by atomic mass is 10.1. The molecule has 2 aliphatic heterocycles. The molecule has 0 aromatic carbocycles. The van der Waals surface area contributed by atoms with E-state index in [1.54, 1.807) is 0 Å². The maximum atomic E-state index is 5.61. The second kappa shape index (κ2) is 5.07. The summed E-state index contributed by atoms with van der Waals surface area (Å²) in [6.45, 7) is 4.24. The zero-order chi connectivity index (χ0) is 9.80. The van der Waals surface area contributed by atoms with Crippen LogP contribution in [0, 0.1) is 0 Å². The summed E-state index contributed by atoms with van der Waals surface area (Å²) in [7, 11) is 0. The first-order chi connectivity index (χ1) is 6.88. The lowest BCUT2D eigenvalue weighted by molar-refractivity contribution is -0.00621. The quantitative estimate of drug-likeness (QED) is 0.675. The molecule has 2 heterocycles. The van der Waals surface area contributed by atoms with Crippen LogP contribution in [0.1, 0.15) is 25.7 Å². The Bertz CT molecular complexity index is 164. The van der Waals surface area contributed by atoms with Crippen LogP contribution in [0.5, 0.6) is 0 Å². The van der Waals surface area contributed by atoms with Crippen LogP contribution in [0.4, 0.5) is 0 Å². The highest BCUT2D eigenvalue weighted by Gasteiger charge is 2.23. The zero-order valence-electron chi connectivity index (χ0n) is 8.65. The van der Waals surface area contributed by atoms with E-state index < -0.39 is 0 Å². The summed E-state index contributed by atoms with van der Waals surface area (Å²) in [6, 6.07) is 0. The standard InChI is InChI=1S/C10H20N2O2/c11-14-9-3-5-12(6-4-9)8-10-2-1-7-13-10/h9-10H,1-8,11H2. The largest absolute Gasteiger partial charge is 0.377 e. The maximum Gasteiger partial charge on any atom is 0.0811 e. The van der Waals surface area contributed by atoms with Crippen molar-refractivity contribution in [1.82, 2.24) is 4.90 Å². The molecule has 4 heteroatoms. The van der Waals surface area contributed by atoms with Crippen molar-refractivity contribution in [1.29, 1.82) is 0 Å². The third kappa shape index (κ3) is 2.67. The number of piperidine rings is 1. The lowest BCUT2D eigenvalue weighted by Crippen LogP contribution is -2.41. The molecule has 2 fully saturated rings. The van der Waals surface area contributed by atoms with Crippen molar-refractivity contribution in [3.63, 3.8) is 0 Å². The molecule has 0 bridgehead atoms. The van der Waals surface area contributed by atoms with Crippen LogP contribution >= 0.6 is 0 Å². The number of rotatable bonds is 3. The van der Waals surface area contributed by atoms with Gasteiger partial charge in [-0.1, -0.05) is 0 Å². The van der Waals surface area contributed by atoms with Gasteiger partial charge in [-0.15, -0.1) is 0 Å². The van der Waals surface area contributed by atoms with Gasteiger partial charge in [0.25, 0.3) is 0 Å². The number of hydrogen-bond acceptors (Lipinski definition) is 4. The van der Waals surface area contributed by atoms with Crippen molar-refractivity contribution in [2.24, 2.45) is 5.90 Å². The highest BCUT2D eigenvalue weighted by Crippen LogP contribution is 2.17. The van der Waals surface area contributed by atoms with Gasteiger partial charge in [-0.2, -0.15) is 0 Å². The molecule has 0 aliphatic carbocycles. The van der Waals surface area contributed by atoms with Crippen LogP contribution < -0.4 is 5.90 Å². The molecule has 1 atom stereocenters. The normalized spacial score (nSPS) is 31.1. The Balaban J connectivity index is 1.67. The summed E-state index contributed by atoms with van der Waals surface area (Å²) in [5, 5.41) is 0. The summed E-state index contributed by atoms with van der Waals surface area (Å²) in [4.78, 5) is 7.32. The molecular formula is C10H20N2O2. The Labute approximate surface area is 85.3 Å². The van der Waals surface area contributed by atoms with Crippen LogP contribution in [0.2, 0.25) is 0 Å². The molecule has 0 radical (unpaired) electrons. The molecule has 2 saturated heterocycles. The summed E-state index contributed by atoms with van der Waals surface area (Å²) in [5.74, 6) is 5.17. The predicted molar refractivity (Wildman–Crippen MR) is 53.7 cm³/mol. The molecule has 2 aliphatic rings. The summed E-state index contributed by atoms with van der Waals surface area (Å²) in [5.41, 5.74) is 0. The van der Waals surface area contributed by atoms with Gasteiger partial charge in [0.15, 0.2) is 0 Å². The van der Waals surface area contributed by atoms with Crippen LogP contribution in [0.15, 0.2) is 0 Å².